The monoisotopic (exact) mass is 386 g/mol. The van der Waals surface area contributed by atoms with E-state index in [1.54, 1.807) is 5.57 Å². The quantitative estimate of drug-likeness (QED) is 0.604. The average molecular weight is 386 g/mol. The molecule has 2 fully saturated rings. The lowest BCUT2D eigenvalue weighted by Gasteiger charge is -2.44. The summed E-state index contributed by atoms with van der Waals surface area (Å²) in [5.74, 6) is 0.989. The summed E-state index contributed by atoms with van der Waals surface area (Å²) in [5, 5.41) is 0. The number of rotatable bonds is 3. The molecule has 0 bridgehead atoms. The van der Waals surface area contributed by atoms with Gasteiger partial charge in [0.15, 0.2) is 8.32 Å². The molecule has 0 radical (unpaired) electrons. The van der Waals surface area contributed by atoms with E-state index in [1.807, 2.05) is 0 Å². The molecule has 3 atom stereocenters. The fourth-order valence-corrected chi connectivity index (χ4v) is 6.81. The van der Waals surface area contributed by atoms with Crippen LogP contribution in [0.2, 0.25) is 19.6 Å². The summed E-state index contributed by atoms with van der Waals surface area (Å²) in [7, 11) is -2.08. The van der Waals surface area contributed by atoms with Crippen molar-refractivity contribution in [3.8, 4) is 0 Å². The number of hydrogen-bond acceptors (Lipinski definition) is 3. The highest BCUT2D eigenvalue weighted by atomic mass is 28.4. The lowest BCUT2D eigenvalue weighted by molar-refractivity contribution is 0.00578. The van der Waals surface area contributed by atoms with Gasteiger partial charge < -0.3 is 13.7 Å². The third-order valence-electron chi connectivity index (χ3n) is 7.21. The standard InChI is InChI=1S/C22H35BO3Si/c1-20(2)21(3,4)25-23(24-20)22(26-27(5,6)7)15-14-18-17-11-9-8-10-16(17)12-13-19(18)22/h8-11,16,19H,12-15H2,1-7H3/t16?,19?,22-/m0/s1. The first-order valence-corrected chi connectivity index (χ1v) is 14.0. The Morgan fingerprint density at radius 2 is 1.70 bits per heavy atom. The Morgan fingerprint density at radius 1 is 1.04 bits per heavy atom. The van der Waals surface area contributed by atoms with Crippen molar-refractivity contribution >= 4 is 15.4 Å². The highest BCUT2D eigenvalue weighted by Gasteiger charge is 2.66. The SMILES string of the molecule is CC1(C)OB([C@]2(O[Si](C)(C)C)CCC3=C4C=CC=CC4CCC32)OC1(C)C. The molecule has 0 spiro atoms. The van der Waals surface area contributed by atoms with E-state index in [4.69, 9.17) is 13.7 Å². The Labute approximate surface area is 166 Å². The van der Waals surface area contributed by atoms with E-state index in [0.717, 1.165) is 19.3 Å². The predicted octanol–water partition coefficient (Wildman–Crippen LogP) is 5.45. The van der Waals surface area contributed by atoms with Crippen molar-refractivity contribution in [1.82, 2.24) is 0 Å². The highest BCUT2D eigenvalue weighted by molar-refractivity contribution is 6.70. The lowest BCUT2D eigenvalue weighted by atomic mass is 9.58. The van der Waals surface area contributed by atoms with Crippen LogP contribution in [-0.4, -0.2) is 32.1 Å². The second-order valence-corrected chi connectivity index (χ2v) is 15.1. The molecule has 0 aromatic carbocycles. The Kier molecular flexibility index (Phi) is 4.51. The Hall–Kier alpha value is -0.618. The van der Waals surface area contributed by atoms with Gasteiger partial charge in [0, 0.05) is 11.8 Å². The van der Waals surface area contributed by atoms with Crippen LogP contribution in [0.1, 0.15) is 53.4 Å². The molecule has 27 heavy (non-hydrogen) atoms. The van der Waals surface area contributed by atoms with Crippen molar-refractivity contribution < 1.29 is 13.7 Å². The minimum atomic E-state index is -1.79. The molecule has 0 aromatic rings. The van der Waals surface area contributed by atoms with Crippen molar-refractivity contribution in [2.24, 2.45) is 11.8 Å². The Balaban J connectivity index is 1.76. The van der Waals surface area contributed by atoms with Gasteiger partial charge in [0.05, 0.1) is 16.7 Å². The molecule has 5 heteroatoms. The van der Waals surface area contributed by atoms with Crippen LogP contribution in [0.4, 0.5) is 0 Å². The molecule has 1 heterocycles. The van der Waals surface area contributed by atoms with Gasteiger partial charge in [-0.3, -0.25) is 0 Å². The van der Waals surface area contributed by atoms with Crippen LogP contribution in [0, 0.1) is 11.8 Å². The van der Waals surface area contributed by atoms with Crippen molar-refractivity contribution in [1.29, 1.82) is 0 Å². The van der Waals surface area contributed by atoms with Gasteiger partial charge in [-0.2, -0.15) is 0 Å². The molecule has 1 saturated heterocycles. The second-order valence-electron chi connectivity index (χ2n) is 10.7. The molecule has 3 nitrogen and oxygen atoms in total. The van der Waals surface area contributed by atoms with Crippen molar-refractivity contribution in [3.63, 3.8) is 0 Å². The molecule has 0 amide bonds. The van der Waals surface area contributed by atoms with Gasteiger partial charge in [0.25, 0.3) is 0 Å². The molecule has 0 N–H and O–H groups in total. The summed E-state index contributed by atoms with van der Waals surface area (Å²) in [6, 6.07) is 0. The molecule has 1 aliphatic heterocycles. The zero-order valence-corrected chi connectivity index (χ0v) is 19.1. The van der Waals surface area contributed by atoms with Crippen molar-refractivity contribution in [2.45, 2.75) is 89.7 Å². The van der Waals surface area contributed by atoms with Gasteiger partial charge in [-0.15, -0.1) is 0 Å². The lowest BCUT2D eigenvalue weighted by Crippen LogP contribution is -2.58. The second kappa shape index (κ2) is 6.19. The van der Waals surface area contributed by atoms with Crippen LogP contribution in [-0.2, 0) is 13.7 Å². The molecule has 2 unspecified atom stereocenters. The number of hydrogen-bond donors (Lipinski definition) is 0. The average Bonchev–Trinajstić information content (AvgIpc) is 3.02. The molecular formula is C22H35BO3Si. The van der Waals surface area contributed by atoms with Gasteiger partial charge in [0.1, 0.15) is 0 Å². The summed E-state index contributed by atoms with van der Waals surface area (Å²) in [5.41, 5.74) is 2.13. The van der Waals surface area contributed by atoms with Crippen LogP contribution in [0.25, 0.3) is 0 Å². The number of allylic oxidation sites excluding steroid dienone is 5. The topological polar surface area (TPSA) is 27.7 Å². The molecule has 1 saturated carbocycles. The van der Waals surface area contributed by atoms with Gasteiger partial charge in [-0.1, -0.05) is 29.9 Å². The highest BCUT2D eigenvalue weighted by Crippen LogP contribution is 2.56. The molecule has 4 aliphatic rings. The normalized spacial score (nSPS) is 36.9. The van der Waals surface area contributed by atoms with Crippen molar-refractivity contribution in [3.05, 3.63) is 35.5 Å². The minimum Gasteiger partial charge on any atom is -0.413 e. The van der Waals surface area contributed by atoms with E-state index >= 15 is 0 Å². The van der Waals surface area contributed by atoms with Gasteiger partial charge in [0.2, 0.25) is 0 Å². The van der Waals surface area contributed by atoms with Gasteiger partial charge >= 0.3 is 7.12 Å². The van der Waals surface area contributed by atoms with Crippen LogP contribution in [0.15, 0.2) is 35.5 Å². The van der Waals surface area contributed by atoms with E-state index in [9.17, 15) is 0 Å². The summed E-state index contributed by atoms with van der Waals surface area (Å²) >= 11 is 0. The largest absolute Gasteiger partial charge is 0.491 e. The van der Waals surface area contributed by atoms with E-state index in [2.05, 4.69) is 71.6 Å². The summed E-state index contributed by atoms with van der Waals surface area (Å²) < 4.78 is 20.2. The van der Waals surface area contributed by atoms with Crippen LogP contribution in [0.3, 0.4) is 0 Å². The zero-order valence-electron chi connectivity index (χ0n) is 18.1. The first-order chi connectivity index (χ1) is 12.5. The van der Waals surface area contributed by atoms with E-state index < -0.39 is 8.32 Å². The molecular weight excluding hydrogens is 351 g/mol. The third-order valence-corrected chi connectivity index (χ3v) is 8.20. The molecule has 3 aliphatic carbocycles. The first kappa shape index (κ1) is 19.7. The van der Waals surface area contributed by atoms with Gasteiger partial charge in [-0.05, 0) is 78.6 Å². The fraction of sp³-hybridized carbons (Fsp3) is 0.727. The Bertz CT molecular complexity index is 700. The first-order valence-electron chi connectivity index (χ1n) is 10.6. The van der Waals surface area contributed by atoms with E-state index in [0.29, 0.717) is 11.8 Å². The maximum atomic E-state index is 7.02. The van der Waals surface area contributed by atoms with Crippen LogP contribution >= 0.6 is 0 Å². The maximum absolute atomic E-state index is 7.02. The molecule has 4 rings (SSSR count). The molecule has 0 aromatic heterocycles. The van der Waals surface area contributed by atoms with Crippen LogP contribution < -0.4 is 0 Å². The Morgan fingerprint density at radius 3 is 2.33 bits per heavy atom. The van der Waals surface area contributed by atoms with Gasteiger partial charge in [-0.25, -0.2) is 0 Å². The van der Waals surface area contributed by atoms with Crippen LogP contribution in [0.5, 0.6) is 0 Å². The predicted molar refractivity (Wildman–Crippen MR) is 114 cm³/mol. The summed E-state index contributed by atoms with van der Waals surface area (Å²) in [6.07, 6.45) is 13.6. The molecule has 148 valence electrons. The summed E-state index contributed by atoms with van der Waals surface area (Å²) in [6.45, 7) is 15.5. The minimum absolute atomic E-state index is 0.294. The third kappa shape index (κ3) is 3.15. The van der Waals surface area contributed by atoms with E-state index in [1.165, 1.54) is 12.0 Å². The smallest absolute Gasteiger partial charge is 0.413 e. The number of fused-ring (bicyclic) bond motifs is 2. The van der Waals surface area contributed by atoms with E-state index in [-0.39, 0.29) is 23.8 Å². The zero-order chi connectivity index (χ0) is 19.7. The summed E-state index contributed by atoms with van der Waals surface area (Å²) in [4.78, 5) is 0. The fourth-order valence-electron chi connectivity index (χ4n) is 5.33. The maximum Gasteiger partial charge on any atom is 0.491 e. The van der Waals surface area contributed by atoms with Crippen molar-refractivity contribution in [2.75, 3.05) is 0 Å².